The zero-order valence-electron chi connectivity index (χ0n) is 12.4. The molecule has 2 rings (SSSR count). The molecule has 22 heavy (non-hydrogen) atoms. The number of esters is 2. The molecule has 1 aliphatic rings. The highest BCUT2D eigenvalue weighted by Gasteiger charge is 2.26. The molecule has 0 aromatic heterocycles. The largest absolute Gasteiger partial charge is 0.462 e. The van der Waals surface area contributed by atoms with E-state index in [0.29, 0.717) is 17.1 Å². The molecule has 2 N–H and O–H groups in total. The average molecular weight is 307 g/mol. The van der Waals surface area contributed by atoms with Crippen molar-refractivity contribution >= 4 is 17.6 Å². The van der Waals surface area contributed by atoms with Gasteiger partial charge in [-0.1, -0.05) is 0 Å². The van der Waals surface area contributed by atoms with E-state index in [9.17, 15) is 9.59 Å². The molecule has 0 saturated heterocycles. The van der Waals surface area contributed by atoms with Crippen LogP contribution in [0.5, 0.6) is 11.5 Å². The molecule has 0 radical (unpaired) electrons. The van der Waals surface area contributed by atoms with Crippen LogP contribution in [-0.2, 0) is 19.1 Å². The number of carbonyl (C=O) groups is 2. The van der Waals surface area contributed by atoms with Gasteiger partial charge in [0.2, 0.25) is 6.79 Å². The molecule has 0 saturated carbocycles. The summed E-state index contributed by atoms with van der Waals surface area (Å²) in [6, 6.07) is 4.87. The van der Waals surface area contributed by atoms with Crippen molar-refractivity contribution < 1.29 is 28.5 Å². The van der Waals surface area contributed by atoms with Gasteiger partial charge in [-0.05, 0) is 32.0 Å². The van der Waals surface area contributed by atoms with Crippen molar-refractivity contribution in [2.75, 3.05) is 20.0 Å². The molecule has 1 heterocycles. The van der Waals surface area contributed by atoms with Gasteiger partial charge in [0, 0.05) is 5.56 Å². The van der Waals surface area contributed by atoms with Crippen molar-refractivity contribution in [3.05, 3.63) is 29.3 Å². The summed E-state index contributed by atoms with van der Waals surface area (Å²) in [7, 11) is 0. The van der Waals surface area contributed by atoms with Crippen LogP contribution >= 0.6 is 0 Å². The number of hydrogen-bond acceptors (Lipinski definition) is 7. The van der Waals surface area contributed by atoms with Crippen LogP contribution in [0.4, 0.5) is 0 Å². The van der Waals surface area contributed by atoms with Gasteiger partial charge < -0.3 is 24.7 Å². The van der Waals surface area contributed by atoms with Crippen LogP contribution in [0.25, 0.3) is 5.70 Å². The van der Waals surface area contributed by atoms with E-state index in [4.69, 9.17) is 24.7 Å². The van der Waals surface area contributed by atoms with Crippen LogP contribution in [0.15, 0.2) is 23.8 Å². The Labute approximate surface area is 127 Å². The Morgan fingerprint density at radius 3 is 2.27 bits per heavy atom. The van der Waals surface area contributed by atoms with Crippen LogP contribution in [-0.4, -0.2) is 31.9 Å². The predicted molar refractivity (Wildman–Crippen MR) is 76.9 cm³/mol. The van der Waals surface area contributed by atoms with Gasteiger partial charge in [0.25, 0.3) is 0 Å². The number of nitrogens with two attached hydrogens (primary N) is 1. The first-order valence-electron chi connectivity index (χ1n) is 6.82. The summed E-state index contributed by atoms with van der Waals surface area (Å²) < 4.78 is 20.2. The van der Waals surface area contributed by atoms with E-state index in [-0.39, 0.29) is 31.3 Å². The molecule has 7 heteroatoms. The van der Waals surface area contributed by atoms with E-state index in [0.717, 1.165) is 0 Å². The number of benzene rings is 1. The van der Waals surface area contributed by atoms with E-state index >= 15 is 0 Å². The number of carbonyl (C=O) groups excluding carboxylic acids is 2. The third-order valence-electron chi connectivity index (χ3n) is 2.91. The minimum Gasteiger partial charge on any atom is -0.462 e. The Bertz CT molecular complexity index is 602. The van der Waals surface area contributed by atoms with Gasteiger partial charge in [-0.25, -0.2) is 9.59 Å². The number of fused-ring (bicyclic) bond motifs is 1. The van der Waals surface area contributed by atoms with Crippen LogP contribution in [0.3, 0.4) is 0 Å². The molecular weight excluding hydrogens is 290 g/mol. The fourth-order valence-corrected chi connectivity index (χ4v) is 1.92. The highest BCUT2D eigenvalue weighted by molar-refractivity contribution is 6.19. The van der Waals surface area contributed by atoms with Crippen LogP contribution in [0, 0.1) is 0 Å². The summed E-state index contributed by atoms with van der Waals surface area (Å²) in [6.45, 7) is 3.63. The SMILES string of the molecule is CCOC(=O)C(C(=O)OCC)=C(N)c1ccc2c(c1)OCO2. The maximum Gasteiger partial charge on any atom is 0.347 e. The molecule has 0 aliphatic carbocycles. The van der Waals surface area contributed by atoms with Crippen molar-refractivity contribution in [1.82, 2.24) is 0 Å². The fourth-order valence-electron chi connectivity index (χ4n) is 1.92. The highest BCUT2D eigenvalue weighted by atomic mass is 16.7. The second-order valence-electron chi connectivity index (χ2n) is 4.30. The first kappa shape index (κ1) is 15.7. The van der Waals surface area contributed by atoms with Gasteiger partial charge in [0.05, 0.1) is 18.9 Å². The average Bonchev–Trinajstić information content (AvgIpc) is 2.95. The molecule has 1 aliphatic heterocycles. The van der Waals surface area contributed by atoms with Gasteiger partial charge >= 0.3 is 11.9 Å². The zero-order valence-corrected chi connectivity index (χ0v) is 12.4. The zero-order chi connectivity index (χ0) is 16.1. The van der Waals surface area contributed by atoms with E-state index in [1.54, 1.807) is 32.0 Å². The Morgan fingerprint density at radius 1 is 1.09 bits per heavy atom. The second-order valence-corrected chi connectivity index (χ2v) is 4.30. The number of ether oxygens (including phenoxy) is 4. The van der Waals surface area contributed by atoms with Gasteiger partial charge in [0.1, 0.15) is 0 Å². The quantitative estimate of drug-likeness (QED) is 0.378. The Kier molecular flexibility index (Phi) is 4.88. The van der Waals surface area contributed by atoms with Crippen molar-refractivity contribution in [1.29, 1.82) is 0 Å². The summed E-state index contributed by atoms with van der Waals surface area (Å²) in [5, 5.41) is 0. The monoisotopic (exact) mass is 307 g/mol. The Morgan fingerprint density at radius 2 is 1.68 bits per heavy atom. The maximum absolute atomic E-state index is 12.0. The molecule has 0 bridgehead atoms. The lowest BCUT2D eigenvalue weighted by molar-refractivity contribution is -0.146. The van der Waals surface area contributed by atoms with Crippen LogP contribution in [0.1, 0.15) is 19.4 Å². The lowest BCUT2D eigenvalue weighted by Crippen LogP contribution is -2.22. The molecule has 0 fully saturated rings. The van der Waals surface area contributed by atoms with Crippen molar-refractivity contribution in [3.8, 4) is 11.5 Å². The highest BCUT2D eigenvalue weighted by Crippen LogP contribution is 2.34. The third-order valence-corrected chi connectivity index (χ3v) is 2.91. The summed E-state index contributed by atoms with van der Waals surface area (Å²) >= 11 is 0. The van der Waals surface area contributed by atoms with E-state index < -0.39 is 11.9 Å². The molecule has 0 unspecified atom stereocenters. The Hall–Kier alpha value is -2.70. The maximum atomic E-state index is 12.0. The summed E-state index contributed by atoms with van der Waals surface area (Å²) in [5.74, 6) is -0.579. The molecule has 1 aromatic carbocycles. The minimum atomic E-state index is -0.823. The summed E-state index contributed by atoms with van der Waals surface area (Å²) in [5.41, 5.74) is 6.06. The van der Waals surface area contributed by atoms with Crippen molar-refractivity contribution in [2.45, 2.75) is 13.8 Å². The van der Waals surface area contributed by atoms with Gasteiger partial charge in [-0.15, -0.1) is 0 Å². The predicted octanol–water partition coefficient (Wildman–Crippen LogP) is 1.21. The molecule has 118 valence electrons. The third kappa shape index (κ3) is 3.13. The minimum absolute atomic E-state index is 0.0322. The lowest BCUT2D eigenvalue weighted by atomic mass is 10.1. The molecule has 7 nitrogen and oxygen atoms in total. The fraction of sp³-hybridized carbons (Fsp3) is 0.333. The first-order valence-corrected chi connectivity index (χ1v) is 6.82. The standard InChI is InChI=1S/C15H17NO6/c1-3-19-14(17)12(15(18)20-4-2)13(16)9-5-6-10-11(7-9)22-8-21-10/h5-7H,3-4,8,16H2,1-2H3. The number of rotatable bonds is 5. The van der Waals surface area contributed by atoms with Crippen LogP contribution < -0.4 is 15.2 Å². The molecule has 0 atom stereocenters. The van der Waals surface area contributed by atoms with Gasteiger partial charge in [0.15, 0.2) is 17.1 Å². The molecule has 1 aromatic rings. The summed E-state index contributed by atoms with van der Waals surface area (Å²) in [4.78, 5) is 24.0. The summed E-state index contributed by atoms with van der Waals surface area (Å²) in [6.07, 6.45) is 0. The van der Waals surface area contributed by atoms with E-state index in [1.807, 2.05) is 0 Å². The van der Waals surface area contributed by atoms with E-state index in [2.05, 4.69) is 0 Å². The van der Waals surface area contributed by atoms with Crippen molar-refractivity contribution in [2.24, 2.45) is 5.73 Å². The smallest absolute Gasteiger partial charge is 0.347 e. The van der Waals surface area contributed by atoms with Crippen LogP contribution in [0.2, 0.25) is 0 Å². The molecule has 0 amide bonds. The second kappa shape index (κ2) is 6.84. The molecule has 0 spiro atoms. The molecular formula is C15H17NO6. The topological polar surface area (TPSA) is 97.1 Å². The lowest BCUT2D eigenvalue weighted by Gasteiger charge is -2.11. The Balaban J connectivity index is 2.43. The number of hydrogen-bond donors (Lipinski definition) is 1. The van der Waals surface area contributed by atoms with Crippen molar-refractivity contribution in [3.63, 3.8) is 0 Å². The van der Waals surface area contributed by atoms with E-state index in [1.165, 1.54) is 0 Å². The van der Waals surface area contributed by atoms with Gasteiger partial charge in [-0.2, -0.15) is 0 Å². The first-order chi connectivity index (χ1) is 10.6. The normalized spacial score (nSPS) is 11.7. The van der Waals surface area contributed by atoms with Gasteiger partial charge in [-0.3, -0.25) is 0 Å².